The lowest BCUT2D eigenvalue weighted by Crippen LogP contribution is -2.14. The molecule has 0 spiro atoms. The van der Waals surface area contributed by atoms with Crippen molar-refractivity contribution in [1.29, 1.82) is 0 Å². The number of rotatable bonds is 4. The van der Waals surface area contributed by atoms with Crippen LogP contribution >= 0.6 is 23.2 Å². The van der Waals surface area contributed by atoms with Crippen LogP contribution in [0.4, 0.5) is 5.69 Å². The molecule has 1 N–H and O–H groups in total. The maximum absolute atomic E-state index is 13.0. The van der Waals surface area contributed by atoms with Crippen molar-refractivity contribution in [2.24, 2.45) is 0 Å². The Labute approximate surface area is 163 Å². The summed E-state index contributed by atoms with van der Waals surface area (Å²) in [5.41, 5.74) is 3.74. The van der Waals surface area contributed by atoms with E-state index in [-0.39, 0.29) is 5.91 Å². The van der Waals surface area contributed by atoms with E-state index in [1.165, 1.54) is 0 Å². The maximum Gasteiger partial charge on any atom is 0.256 e. The first-order valence-corrected chi connectivity index (χ1v) is 8.89. The molecule has 3 aromatic carbocycles. The summed E-state index contributed by atoms with van der Waals surface area (Å²) in [5, 5.41) is 4.12. The van der Waals surface area contributed by atoms with E-state index in [0.29, 0.717) is 21.3 Å². The normalized spacial score (nSPS) is 11.3. The monoisotopic (exact) mass is 381 g/mol. The van der Waals surface area contributed by atoms with Crippen LogP contribution in [0.1, 0.15) is 16.7 Å². The number of aryl methyl sites for hydroxylation is 1. The van der Waals surface area contributed by atoms with Crippen molar-refractivity contribution in [3.63, 3.8) is 0 Å². The van der Waals surface area contributed by atoms with Crippen molar-refractivity contribution in [3.05, 3.63) is 99.5 Å². The molecular formula is C22H17Cl2NO. The molecule has 0 saturated carbocycles. The molecule has 3 aromatic rings. The molecule has 0 radical (unpaired) electrons. The average Bonchev–Trinajstić information content (AvgIpc) is 2.64. The molecule has 4 heteroatoms. The number of hydrogen-bond donors (Lipinski definition) is 1. The average molecular weight is 382 g/mol. The van der Waals surface area contributed by atoms with E-state index < -0.39 is 0 Å². The Morgan fingerprint density at radius 3 is 2.35 bits per heavy atom. The van der Waals surface area contributed by atoms with E-state index in [2.05, 4.69) is 5.32 Å². The van der Waals surface area contributed by atoms with Gasteiger partial charge in [-0.1, -0.05) is 77.8 Å². The van der Waals surface area contributed by atoms with Gasteiger partial charge >= 0.3 is 0 Å². The van der Waals surface area contributed by atoms with Crippen molar-refractivity contribution in [2.45, 2.75) is 6.92 Å². The molecule has 130 valence electrons. The molecule has 0 bridgehead atoms. The van der Waals surface area contributed by atoms with Gasteiger partial charge in [0.15, 0.2) is 0 Å². The van der Waals surface area contributed by atoms with E-state index in [9.17, 15) is 4.79 Å². The van der Waals surface area contributed by atoms with Crippen LogP contribution in [-0.4, -0.2) is 5.91 Å². The Morgan fingerprint density at radius 1 is 0.923 bits per heavy atom. The maximum atomic E-state index is 13.0. The molecule has 0 aromatic heterocycles. The number of anilines is 1. The number of carbonyl (C=O) groups is 1. The summed E-state index contributed by atoms with van der Waals surface area (Å²) in [7, 11) is 0. The molecule has 0 atom stereocenters. The fourth-order valence-corrected chi connectivity index (χ4v) is 2.93. The highest BCUT2D eigenvalue weighted by atomic mass is 35.5. The van der Waals surface area contributed by atoms with Crippen LogP contribution in [0.3, 0.4) is 0 Å². The summed E-state index contributed by atoms with van der Waals surface area (Å²) in [6.07, 6.45) is 1.80. The molecule has 0 fully saturated rings. The van der Waals surface area contributed by atoms with Crippen molar-refractivity contribution >= 4 is 46.4 Å². The summed E-state index contributed by atoms with van der Waals surface area (Å²) >= 11 is 12.3. The summed E-state index contributed by atoms with van der Waals surface area (Å²) < 4.78 is 0. The quantitative estimate of drug-likeness (QED) is 0.406. The highest BCUT2D eigenvalue weighted by Crippen LogP contribution is 2.26. The van der Waals surface area contributed by atoms with Crippen LogP contribution in [0, 0.1) is 6.92 Å². The van der Waals surface area contributed by atoms with Gasteiger partial charge < -0.3 is 5.32 Å². The van der Waals surface area contributed by atoms with Crippen molar-refractivity contribution in [3.8, 4) is 0 Å². The van der Waals surface area contributed by atoms with E-state index in [1.54, 1.807) is 24.3 Å². The fraction of sp³-hybridized carbons (Fsp3) is 0.0455. The second kappa shape index (κ2) is 8.22. The molecular weight excluding hydrogens is 365 g/mol. The summed E-state index contributed by atoms with van der Waals surface area (Å²) in [5.74, 6) is -0.221. The van der Waals surface area contributed by atoms with E-state index in [4.69, 9.17) is 23.2 Å². The lowest BCUT2D eigenvalue weighted by Gasteiger charge is -2.12. The molecule has 0 heterocycles. The molecule has 26 heavy (non-hydrogen) atoms. The molecule has 0 aliphatic rings. The minimum absolute atomic E-state index is 0.221. The zero-order valence-corrected chi connectivity index (χ0v) is 15.7. The van der Waals surface area contributed by atoms with E-state index >= 15 is 0 Å². The number of nitrogens with one attached hydrogen (secondary N) is 1. The zero-order chi connectivity index (χ0) is 18.5. The van der Waals surface area contributed by atoms with Gasteiger partial charge in [-0.3, -0.25) is 4.79 Å². The van der Waals surface area contributed by atoms with Gasteiger partial charge in [0.25, 0.3) is 5.91 Å². The van der Waals surface area contributed by atoms with Gasteiger partial charge in [0.2, 0.25) is 0 Å². The Kier molecular flexibility index (Phi) is 5.77. The van der Waals surface area contributed by atoms with Crippen LogP contribution in [0.25, 0.3) is 11.6 Å². The topological polar surface area (TPSA) is 29.1 Å². The lowest BCUT2D eigenvalue weighted by molar-refractivity contribution is -0.111. The summed E-state index contributed by atoms with van der Waals surface area (Å²) in [6.45, 7) is 1.92. The van der Waals surface area contributed by atoms with Gasteiger partial charge in [-0.25, -0.2) is 0 Å². The number of halogens is 2. The highest BCUT2D eigenvalue weighted by molar-refractivity contribution is 6.34. The fourth-order valence-electron chi connectivity index (χ4n) is 2.56. The standard InChI is InChI=1S/C22H17Cl2NO/c1-15-11-12-18(23)14-21(15)25-22(26)19(16-7-3-2-4-8-16)13-17-9-5-6-10-20(17)24/h2-14H,1H3,(H,25,26)/b19-13+. The van der Waals surface area contributed by atoms with E-state index in [1.807, 2.05) is 61.5 Å². The molecule has 0 unspecified atom stereocenters. The Morgan fingerprint density at radius 2 is 1.62 bits per heavy atom. The number of amides is 1. The Balaban J connectivity index is 2.02. The summed E-state index contributed by atoms with van der Waals surface area (Å²) in [4.78, 5) is 13.0. The third kappa shape index (κ3) is 4.34. The van der Waals surface area contributed by atoms with Crippen molar-refractivity contribution in [2.75, 3.05) is 5.32 Å². The molecule has 0 aliphatic carbocycles. The van der Waals surface area contributed by atoms with Gasteiger partial charge in [-0.2, -0.15) is 0 Å². The minimum atomic E-state index is -0.221. The second-order valence-electron chi connectivity index (χ2n) is 5.86. The lowest BCUT2D eigenvalue weighted by atomic mass is 10.0. The number of carbonyl (C=O) groups excluding carboxylic acids is 1. The first-order chi connectivity index (χ1) is 12.5. The highest BCUT2D eigenvalue weighted by Gasteiger charge is 2.14. The van der Waals surface area contributed by atoms with Crippen LogP contribution in [0.15, 0.2) is 72.8 Å². The van der Waals surface area contributed by atoms with Crippen LogP contribution in [0.2, 0.25) is 10.0 Å². The zero-order valence-electron chi connectivity index (χ0n) is 14.2. The Hall–Kier alpha value is -2.55. The van der Waals surface area contributed by atoms with Crippen LogP contribution in [-0.2, 0) is 4.79 Å². The number of benzene rings is 3. The third-order valence-corrected chi connectivity index (χ3v) is 4.56. The Bertz CT molecular complexity index is 965. The number of hydrogen-bond acceptors (Lipinski definition) is 1. The van der Waals surface area contributed by atoms with Gasteiger partial charge in [0.1, 0.15) is 0 Å². The molecule has 0 saturated heterocycles. The van der Waals surface area contributed by atoms with Crippen LogP contribution < -0.4 is 5.32 Å². The molecule has 2 nitrogen and oxygen atoms in total. The summed E-state index contributed by atoms with van der Waals surface area (Å²) in [6, 6.07) is 22.3. The molecule has 3 rings (SSSR count). The van der Waals surface area contributed by atoms with Crippen molar-refractivity contribution in [1.82, 2.24) is 0 Å². The van der Waals surface area contributed by atoms with Gasteiger partial charge in [-0.15, -0.1) is 0 Å². The first kappa shape index (κ1) is 18.2. The molecule has 0 aliphatic heterocycles. The predicted octanol–water partition coefficient (Wildman–Crippen LogP) is 6.48. The van der Waals surface area contributed by atoms with Gasteiger partial charge in [0.05, 0.1) is 0 Å². The van der Waals surface area contributed by atoms with E-state index in [0.717, 1.165) is 16.7 Å². The van der Waals surface area contributed by atoms with Crippen LogP contribution in [0.5, 0.6) is 0 Å². The predicted molar refractivity (Wildman–Crippen MR) is 111 cm³/mol. The van der Waals surface area contributed by atoms with Gasteiger partial charge in [-0.05, 0) is 47.9 Å². The second-order valence-corrected chi connectivity index (χ2v) is 6.70. The third-order valence-electron chi connectivity index (χ3n) is 3.98. The minimum Gasteiger partial charge on any atom is -0.322 e. The largest absolute Gasteiger partial charge is 0.322 e. The van der Waals surface area contributed by atoms with Gasteiger partial charge in [0, 0.05) is 21.3 Å². The SMILES string of the molecule is Cc1ccc(Cl)cc1NC(=O)/C(=C/c1ccccc1Cl)c1ccccc1. The molecule has 1 amide bonds. The smallest absolute Gasteiger partial charge is 0.256 e. The first-order valence-electron chi connectivity index (χ1n) is 8.14. The van der Waals surface area contributed by atoms with Crippen molar-refractivity contribution < 1.29 is 4.79 Å².